The van der Waals surface area contributed by atoms with Crippen molar-refractivity contribution in [3.63, 3.8) is 0 Å². The summed E-state index contributed by atoms with van der Waals surface area (Å²) in [4.78, 5) is 16.6. The van der Waals surface area contributed by atoms with Gasteiger partial charge in [-0.05, 0) is 35.4 Å². The second-order valence-electron chi connectivity index (χ2n) is 6.02. The lowest BCUT2D eigenvalue weighted by atomic mass is 10.0. The number of cyclic esters (lactones) is 1. The Morgan fingerprint density at radius 3 is 2.19 bits per heavy atom. The third kappa shape index (κ3) is 3.51. The van der Waals surface area contributed by atoms with Gasteiger partial charge in [0.15, 0.2) is 5.70 Å². The van der Waals surface area contributed by atoms with Crippen LogP contribution in [-0.4, -0.2) is 19.0 Å². The molecule has 132 valence electrons. The predicted molar refractivity (Wildman–Crippen MR) is 105 cm³/mol. The van der Waals surface area contributed by atoms with Crippen LogP contribution in [0.1, 0.15) is 11.1 Å². The van der Waals surface area contributed by atoms with Crippen molar-refractivity contribution >= 4 is 17.9 Å². The van der Waals surface area contributed by atoms with Crippen molar-refractivity contribution in [3.05, 3.63) is 95.7 Å². The van der Waals surface area contributed by atoms with Gasteiger partial charge in [0.1, 0.15) is 5.75 Å². The van der Waals surface area contributed by atoms with Crippen LogP contribution in [0.25, 0.3) is 17.2 Å². The van der Waals surface area contributed by atoms with E-state index in [0.717, 1.165) is 22.3 Å². The molecule has 0 aromatic heterocycles. The van der Waals surface area contributed by atoms with Crippen LogP contribution < -0.4 is 4.74 Å². The number of esters is 1. The molecule has 4 nitrogen and oxygen atoms in total. The summed E-state index contributed by atoms with van der Waals surface area (Å²) < 4.78 is 10.7. The summed E-state index contributed by atoms with van der Waals surface area (Å²) in [6.45, 7) is 0. The number of carbonyl (C=O) groups excluding carboxylic acids is 1. The van der Waals surface area contributed by atoms with E-state index >= 15 is 0 Å². The van der Waals surface area contributed by atoms with Gasteiger partial charge in [-0.1, -0.05) is 60.7 Å². The molecular formula is C23H17NO3. The van der Waals surface area contributed by atoms with Gasteiger partial charge in [0.05, 0.1) is 7.11 Å². The zero-order valence-electron chi connectivity index (χ0n) is 14.8. The molecule has 4 heteroatoms. The molecule has 0 saturated heterocycles. The number of rotatable bonds is 4. The largest absolute Gasteiger partial charge is 0.496 e. The number of hydrogen-bond donors (Lipinski definition) is 0. The summed E-state index contributed by atoms with van der Waals surface area (Å²) in [5.74, 6) is 0.512. The number of benzene rings is 3. The topological polar surface area (TPSA) is 47.9 Å². The van der Waals surface area contributed by atoms with Crippen molar-refractivity contribution in [2.45, 2.75) is 0 Å². The molecular weight excluding hydrogens is 338 g/mol. The highest BCUT2D eigenvalue weighted by molar-refractivity contribution is 6.13. The Morgan fingerprint density at radius 1 is 0.815 bits per heavy atom. The van der Waals surface area contributed by atoms with Gasteiger partial charge in [0, 0.05) is 11.1 Å². The monoisotopic (exact) mass is 355 g/mol. The zero-order chi connectivity index (χ0) is 18.6. The fraction of sp³-hybridized carbons (Fsp3) is 0.0435. The molecule has 0 aliphatic carbocycles. The molecule has 4 rings (SSSR count). The quantitative estimate of drug-likeness (QED) is 0.503. The molecule has 0 amide bonds. The van der Waals surface area contributed by atoms with E-state index in [4.69, 9.17) is 9.47 Å². The Kier molecular flexibility index (Phi) is 4.54. The number of para-hydroxylation sites is 1. The average molecular weight is 355 g/mol. The van der Waals surface area contributed by atoms with E-state index in [9.17, 15) is 4.79 Å². The predicted octanol–water partition coefficient (Wildman–Crippen LogP) is 4.71. The molecule has 0 bridgehead atoms. The molecule has 27 heavy (non-hydrogen) atoms. The lowest BCUT2D eigenvalue weighted by Gasteiger charge is -2.03. The molecule has 1 heterocycles. The van der Waals surface area contributed by atoms with E-state index in [-0.39, 0.29) is 5.70 Å². The molecule has 0 atom stereocenters. The van der Waals surface area contributed by atoms with Crippen molar-refractivity contribution < 1.29 is 14.3 Å². The molecule has 3 aromatic carbocycles. The number of carbonyl (C=O) groups is 1. The fourth-order valence-corrected chi connectivity index (χ4v) is 2.90. The summed E-state index contributed by atoms with van der Waals surface area (Å²) in [5.41, 5.74) is 4.00. The molecule has 0 fully saturated rings. The molecule has 1 aliphatic heterocycles. The van der Waals surface area contributed by atoms with Crippen LogP contribution in [0.4, 0.5) is 0 Å². The SMILES string of the molecule is COc1ccccc1/C=C1\N=C(c2ccc(-c3ccccc3)cc2)OC1=O. The normalized spacial score (nSPS) is 14.8. The molecule has 0 radical (unpaired) electrons. The first kappa shape index (κ1) is 16.8. The highest BCUT2D eigenvalue weighted by Gasteiger charge is 2.24. The van der Waals surface area contributed by atoms with E-state index < -0.39 is 5.97 Å². The van der Waals surface area contributed by atoms with Gasteiger partial charge in [0.2, 0.25) is 5.90 Å². The van der Waals surface area contributed by atoms with Crippen LogP contribution in [0.3, 0.4) is 0 Å². The Balaban J connectivity index is 1.62. The van der Waals surface area contributed by atoms with E-state index in [2.05, 4.69) is 17.1 Å². The van der Waals surface area contributed by atoms with Crippen LogP contribution in [0, 0.1) is 0 Å². The van der Waals surface area contributed by atoms with Gasteiger partial charge in [-0.25, -0.2) is 9.79 Å². The number of aliphatic imine (C=N–C) groups is 1. The molecule has 0 N–H and O–H groups in total. The highest BCUT2D eigenvalue weighted by Crippen LogP contribution is 2.25. The summed E-state index contributed by atoms with van der Waals surface area (Å²) in [5, 5.41) is 0. The average Bonchev–Trinajstić information content (AvgIpc) is 3.09. The highest BCUT2D eigenvalue weighted by atomic mass is 16.6. The van der Waals surface area contributed by atoms with E-state index in [1.165, 1.54) is 0 Å². The lowest BCUT2D eigenvalue weighted by Crippen LogP contribution is -2.05. The summed E-state index contributed by atoms with van der Waals surface area (Å²) in [6, 6.07) is 25.3. The number of nitrogens with zero attached hydrogens (tertiary/aromatic N) is 1. The zero-order valence-corrected chi connectivity index (χ0v) is 14.8. The summed E-state index contributed by atoms with van der Waals surface area (Å²) >= 11 is 0. The minimum Gasteiger partial charge on any atom is -0.496 e. The maximum Gasteiger partial charge on any atom is 0.363 e. The maximum atomic E-state index is 12.2. The smallest absolute Gasteiger partial charge is 0.363 e. The lowest BCUT2D eigenvalue weighted by molar-refractivity contribution is -0.129. The van der Waals surface area contributed by atoms with Gasteiger partial charge in [0.25, 0.3) is 0 Å². The minimum atomic E-state index is -0.469. The van der Waals surface area contributed by atoms with Crippen LogP contribution in [-0.2, 0) is 9.53 Å². The minimum absolute atomic E-state index is 0.252. The Morgan fingerprint density at radius 2 is 1.44 bits per heavy atom. The molecule has 0 spiro atoms. The van der Waals surface area contributed by atoms with Gasteiger partial charge >= 0.3 is 5.97 Å². The molecule has 3 aromatic rings. The van der Waals surface area contributed by atoms with Gasteiger partial charge in [-0.15, -0.1) is 0 Å². The third-order valence-corrected chi connectivity index (χ3v) is 4.29. The first-order chi connectivity index (χ1) is 13.2. The molecule has 1 aliphatic rings. The van der Waals surface area contributed by atoms with Crippen molar-refractivity contribution in [1.82, 2.24) is 0 Å². The second kappa shape index (κ2) is 7.30. The Labute approximate surface area is 157 Å². The van der Waals surface area contributed by atoms with Crippen LogP contribution >= 0.6 is 0 Å². The summed E-state index contributed by atoms with van der Waals surface area (Å²) in [7, 11) is 1.59. The molecule has 0 unspecified atom stereocenters. The van der Waals surface area contributed by atoms with Crippen molar-refractivity contribution in [2.24, 2.45) is 4.99 Å². The maximum absolute atomic E-state index is 12.2. The summed E-state index contributed by atoms with van der Waals surface area (Å²) in [6.07, 6.45) is 1.67. The first-order valence-corrected chi connectivity index (χ1v) is 8.56. The van der Waals surface area contributed by atoms with Crippen LogP contribution in [0.5, 0.6) is 5.75 Å². The number of ether oxygens (including phenoxy) is 2. The Hall–Kier alpha value is -3.66. The standard InChI is InChI=1S/C23H17NO3/c1-26-21-10-6-5-9-19(21)15-20-23(25)27-22(24-20)18-13-11-17(12-14-18)16-7-3-2-4-8-16/h2-15H,1H3/b20-15-. The number of hydrogen-bond acceptors (Lipinski definition) is 4. The van der Waals surface area contributed by atoms with Gasteiger partial charge < -0.3 is 9.47 Å². The third-order valence-electron chi connectivity index (χ3n) is 4.29. The van der Waals surface area contributed by atoms with Gasteiger partial charge in [-0.2, -0.15) is 0 Å². The van der Waals surface area contributed by atoms with Crippen LogP contribution in [0.2, 0.25) is 0 Å². The van der Waals surface area contributed by atoms with Crippen molar-refractivity contribution in [2.75, 3.05) is 7.11 Å². The van der Waals surface area contributed by atoms with E-state index in [1.807, 2.05) is 66.7 Å². The van der Waals surface area contributed by atoms with E-state index in [1.54, 1.807) is 13.2 Å². The van der Waals surface area contributed by atoms with E-state index in [0.29, 0.717) is 11.6 Å². The van der Waals surface area contributed by atoms with Crippen molar-refractivity contribution in [3.8, 4) is 16.9 Å². The second-order valence-corrected chi connectivity index (χ2v) is 6.02. The van der Waals surface area contributed by atoms with Crippen LogP contribution in [0.15, 0.2) is 89.6 Å². The molecule has 0 saturated carbocycles. The Bertz CT molecular complexity index is 1030. The first-order valence-electron chi connectivity index (χ1n) is 8.56. The number of methoxy groups -OCH3 is 1. The van der Waals surface area contributed by atoms with Gasteiger partial charge in [-0.3, -0.25) is 0 Å². The van der Waals surface area contributed by atoms with Crippen molar-refractivity contribution in [1.29, 1.82) is 0 Å². The fourth-order valence-electron chi connectivity index (χ4n) is 2.90.